The number of Topliss-reactive ketones (excluding diaryl/α,β-unsaturated/α-hetero) is 1. The van der Waals surface area contributed by atoms with Gasteiger partial charge in [0.25, 0.3) is 0 Å². The van der Waals surface area contributed by atoms with E-state index in [1.165, 1.54) is 6.92 Å². The maximum Gasteiger partial charge on any atom is 0.324 e. The molecule has 164 valence electrons. The van der Waals surface area contributed by atoms with E-state index in [2.05, 4.69) is 0 Å². The first-order valence-electron chi connectivity index (χ1n) is 10.2. The van der Waals surface area contributed by atoms with E-state index in [-0.39, 0.29) is 16.9 Å². The van der Waals surface area contributed by atoms with E-state index in [0.717, 1.165) is 15.9 Å². The second-order valence-electron chi connectivity index (χ2n) is 7.12. The molecule has 0 amide bonds. The van der Waals surface area contributed by atoms with Crippen LogP contribution >= 0.6 is 30.5 Å². The number of benzene rings is 3. The van der Waals surface area contributed by atoms with Gasteiger partial charge >= 0.3 is 5.97 Å². The number of hydrogen-bond acceptors (Lipinski definition) is 3. The second kappa shape index (κ2) is 10.9. The molecule has 0 saturated heterocycles. The van der Waals surface area contributed by atoms with Crippen molar-refractivity contribution in [2.24, 2.45) is 5.92 Å². The van der Waals surface area contributed by atoms with E-state index < -0.39 is 19.1 Å². The van der Waals surface area contributed by atoms with Gasteiger partial charge < -0.3 is 4.74 Å². The van der Waals surface area contributed by atoms with Gasteiger partial charge in [0, 0.05) is 0 Å². The number of halogens is 2. The van der Waals surface area contributed by atoms with Crippen LogP contribution < -0.4 is 15.9 Å². The fraction of sp³-hybridized carbons (Fsp3) is 0.154. The average Bonchev–Trinajstić information content (AvgIpc) is 2.81. The van der Waals surface area contributed by atoms with E-state index in [9.17, 15) is 9.59 Å². The average molecular weight is 486 g/mol. The lowest BCUT2D eigenvalue weighted by atomic mass is 10.1. The molecule has 0 N–H and O–H groups in total. The molecule has 6 heteroatoms. The van der Waals surface area contributed by atoms with Gasteiger partial charge in [-0.1, -0.05) is 77.8 Å². The summed E-state index contributed by atoms with van der Waals surface area (Å²) in [5.41, 5.74) is 0. The van der Waals surface area contributed by atoms with Crippen LogP contribution in [-0.2, 0) is 14.3 Å². The van der Waals surface area contributed by atoms with Gasteiger partial charge in [0.2, 0.25) is 0 Å². The van der Waals surface area contributed by atoms with Crippen LogP contribution in [0.2, 0.25) is 0 Å². The molecule has 3 nitrogen and oxygen atoms in total. The summed E-state index contributed by atoms with van der Waals surface area (Å²) in [7, 11) is -2.81. The molecule has 0 radical (unpaired) electrons. The molecule has 1 atom stereocenters. The minimum Gasteiger partial charge on any atom is -0.465 e. The molecule has 0 aliphatic carbocycles. The van der Waals surface area contributed by atoms with E-state index in [1.54, 1.807) is 6.92 Å². The number of hydrogen-bond donors (Lipinski definition) is 0. The van der Waals surface area contributed by atoms with Crippen LogP contribution in [-0.4, -0.2) is 18.4 Å². The Morgan fingerprint density at radius 2 is 1.16 bits per heavy atom. The molecule has 0 spiro atoms. The molecule has 0 aliphatic heterocycles. The number of carbonyl (C=O) groups is 2. The minimum atomic E-state index is -2.81. The van der Waals surface area contributed by atoms with Crippen LogP contribution in [0.3, 0.4) is 0 Å². The lowest BCUT2D eigenvalue weighted by Crippen LogP contribution is -2.38. The van der Waals surface area contributed by atoms with Crippen molar-refractivity contribution >= 4 is 58.1 Å². The maximum atomic E-state index is 13.1. The van der Waals surface area contributed by atoms with Crippen molar-refractivity contribution in [2.45, 2.75) is 13.8 Å². The Morgan fingerprint density at radius 1 is 0.781 bits per heavy atom. The summed E-state index contributed by atoms with van der Waals surface area (Å²) in [5.74, 6) is -2.25. The third-order valence-electron chi connectivity index (χ3n) is 5.19. The van der Waals surface area contributed by atoms with Crippen LogP contribution in [0.25, 0.3) is 0 Å². The van der Waals surface area contributed by atoms with Crippen LogP contribution in [0, 0.1) is 5.92 Å². The molecular weight excluding hydrogens is 462 g/mol. The molecule has 3 aromatic rings. The zero-order valence-corrected chi connectivity index (χ0v) is 20.3. The Hall–Kier alpha value is -2.45. The first-order valence-corrected chi connectivity index (χ1v) is 12.8. The van der Waals surface area contributed by atoms with Crippen LogP contribution in [0.5, 0.6) is 0 Å². The fourth-order valence-electron chi connectivity index (χ4n) is 3.94. The van der Waals surface area contributed by atoms with Gasteiger partial charge in [-0.05, 0) is 50.2 Å². The first-order chi connectivity index (χ1) is 15.4. The van der Waals surface area contributed by atoms with Crippen LogP contribution in [0.4, 0.5) is 0 Å². The molecular formula is C26H24Cl2O3P+. The SMILES string of the molecule is CCOC(=O)C(C(C)=O)C(=C(Cl)Cl)[P+](c1ccccc1)(c1ccccc1)c1ccccc1. The number of ketones is 1. The highest BCUT2D eigenvalue weighted by Crippen LogP contribution is 2.66. The van der Waals surface area contributed by atoms with Gasteiger partial charge in [-0.3, -0.25) is 9.59 Å². The third kappa shape index (κ3) is 4.66. The number of carbonyl (C=O) groups excluding carboxylic acids is 2. The van der Waals surface area contributed by atoms with Crippen molar-refractivity contribution < 1.29 is 14.3 Å². The van der Waals surface area contributed by atoms with Crippen molar-refractivity contribution in [3.8, 4) is 0 Å². The Balaban J connectivity index is 2.51. The lowest BCUT2D eigenvalue weighted by Gasteiger charge is -2.32. The standard InChI is InChI=1S/C26H24Cl2O3P/c1-3-31-26(30)23(19(2)29)24(25(27)28)32(20-13-7-4-8-14-20,21-15-9-5-10-16-21)22-17-11-6-12-18-22/h4-18,23H,3H2,1-2H3/q+1. The van der Waals surface area contributed by atoms with Crippen molar-refractivity contribution in [1.29, 1.82) is 0 Å². The molecule has 32 heavy (non-hydrogen) atoms. The summed E-state index contributed by atoms with van der Waals surface area (Å²) in [5, 5.41) is 3.18. The van der Waals surface area contributed by atoms with Crippen LogP contribution in [0.1, 0.15) is 13.8 Å². The third-order valence-corrected chi connectivity index (χ3v) is 10.3. The molecule has 3 aromatic carbocycles. The second-order valence-corrected chi connectivity index (χ2v) is 11.4. The highest BCUT2D eigenvalue weighted by atomic mass is 35.5. The fourth-order valence-corrected chi connectivity index (χ4v) is 9.44. The molecule has 0 fully saturated rings. The van der Waals surface area contributed by atoms with Crippen molar-refractivity contribution in [1.82, 2.24) is 0 Å². The Kier molecular flexibility index (Phi) is 8.26. The van der Waals surface area contributed by atoms with Gasteiger partial charge in [-0.15, -0.1) is 0 Å². The van der Waals surface area contributed by atoms with Gasteiger partial charge in [0.05, 0.1) is 6.61 Å². The zero-order chi connectivity index (χ0) is 23.1. The molecule has 0 aromatic heterocycles. The van der Waals surface area contributed by atoms with Crippen LogP contribution in [0.15, 0.2) is 101 Å². The number of ether oxygens (including phenoxy) is 1. The first kappa shape index (κ1) is 24.2. The van der Waals surface area contributed by atoms with Crippen molar-refractivity contribution in [2.75, 3.05) is 6.61 Å². The maximum absolute atomic E-state index is 13.1. The van der Waals surface area contributed by atoms with E-state index >= 15 is 0 Å². The zero-order valence-electron chi connectivity index (χ0n) is 17.9. The lowest BCUT2D eigenvalue weighted by molar-refractivity contribution is -0.149. The summed E-state index contributed by atoms with van der Waals surface area (Å²) in [6.45, 7) is 3.21. The summed E-state index contributed by atoms with van der Waals surface area (Å²) < 4.78 is 5.21. The van der Waals surface area contributed by atoms with Crippen molar-refractivity contribution in [3.63, 3.8) is 0 Å². The van der Waals surface area contributed by atoms with Crippen molar-refractivity contribution in [3.05, 3.63) is 101 Å². The Morgan fingerprint density at radius 3 is 1.44 bits per heavy atom. The molecule has 0 saturated carbocycles. The highest BCUT2D eigenvalue weighted by Gasteiger charge is 2.56. The van der Waals surface area contributed by atoms with E-state index in [0.29, 0.717) is 5.31 Å². The molecule has 1 unspecified atom stereocenters. The smallest absolute Gasteiger partial charge is 0.324 e. The monoisotopic (exact) mass is 485 g/mol. The largest absolute Gasteiger partial charge is 0.465 e. The topological polar surface area (TPSA) is 43.4 Å². The summed E-state index contributed by atoms with van der Waals surface area (Å²) in [4.78, 5) is 26.0. The Bertz CT molecular complexity index is 999. The quantitative estimate of drug-likeness (QED) is 0.244. The summed E-state index contributed by atoms with van der Waals surface area (Å²) >= 11 is 13.1. The van der Waals surface area contributed by atoms with Gasteiger partial charge in [-0.25, -0.2) is 0 Å². The minimum absolute atomic E-state index is 0.0943. The van der Waals surface area contributed by atoms with E-state index in [1.807, 2.05) is 91.0 Å². The Labute approximate surface area is 199 Å². The summed E-state index contributed by atoms with van der Waals surface area (Å²) in [6.07, 6.45) is 0. The molecule has 0 heterocycles. The molecule has 0 aliphatic rings. The number of rotatable bonds is 8. The van der Waals surface area contributed by atoms with Gasteiger partial charge in [0.15, 0.2) is 11.7 Å². The normalized spacial score (nSPS) is 12.0. The predicted octanol–water partition coefficient (Wildman–Crippen LogP) is 5.40. The number of esters is 1. The van der Waals surface area contributed by atoms with Gasteiger partial charge in [0.1, 0.15) is 33.0 Å². The summed E-state index contributed by atoms with van der Waals surface area (Å²) in [6, 6.07) is 29.3. The highest BCUT2D eigenvalue weighted by molar-refractivity contribution is 7.99. The molecule has 0 bridgehead atoms. The van der Waals surface area contributed by atoms with Gasteiger partial charge in [-0.2, -0.15) is 0 Å². The predicted molar refractivity (Wildman–Crippen MR) is 135 cm³/mol. The molecule has 3 rings (SSSR count). The van der Waals surface area contributed by atoms with E-state index in [4.69, 9.17) is 27.9 Å².